The second-order valence-electron chi connectivity index (χ2n) is 9.27. The highest BCUT2D eigenvalue weighted by molar-refractivity contribution is 7.71. The molecule has 1 aliphatic rings. The van der Waals surface area contributed by atoms with Gasteiger partial charge in [0.05, 0.1) is 25.3 Å². The number of carbonyl (C=O) groups is 1. The quantitative estimate of drug-likeness (QED) is 0.144. The average Bonchev–Trinajstić information content (AvgIpc) is 3.08. The lowest BCUT2D eigenvalue weighted by atomic mass is 9.96. The lowest BCUT2D eigenvalue weighted by molar-refractivity contribution is -0.147. The molecule has 1 aromatic carbocycles. The molecular weight excluding hydrogens is 559 g/mol. The van der Waals surface area contributed by atoms with Gasteiger partial charge in [-0.25, -0.2) is 4.57 Å². The minimum absolute atomic E-state index is 0.0244. The number of esters is 1. The highest BCUT2D eigenvalue weighted by Gasteiger charge is 2.53. The van der Waals surface area contributed by atoms with Crippen molar-refractivity contribution >= 4 is 37.4 Å². The predicted octanol–water partition coefficient (Wildman–Crippen LogP) is 3.84. The van der Waals surface area contributed by atoms with Crippen LogP contribution in [0.4, 0.5) is 0 Å². The number of benzene rings is 1. The molecule has 3 rings (SSSR count). The van der Waals surface area contributed by atoms with Crippen LogP contribution in [0.3, 0.4) is 0 Å². The summed E-state index contributed by atoms with van der Waals surface area (Å²) in [6.45, 7) is 4.65. The highest BCUT2D eigenvalue weighted by atomic mass is 35.5. The summed E-state index contributed by atoms with van der Waals surface area (Å²) >= 11 is 11.1. The van der Waals surface area contributed by atoms with Gasteiger partial charge in [0.25, 0.3) is 5.56 Å². The largest absolute Gasteiger partial charge is 0.465 e. The van der Waals surface area contributed by atoms with Gasteiger partial charge in [0.15, 0.2) is 11.0 Å². The second-order valence-corrected chi connectivity index (χ2v) is 12.1. The third-order valence-corrected chi connectivity index (χ3v) is 8.59. The fourth-order valence-electron chi connectivity index (χ4n) is 3.82. The van der Waals surface area contributed by atoms with Crippen molar-refractivity contribution in [2.45, 2.75) is 57.6 Å². The molecule has 1 fully saturated rings. The van der Waals surface area contributed by atoms with E-state index in [0.717, 1.165) is 6.42 Å². The molecule has 0 amide bonds. The molecule has 0 radical (unpaired) electrons. The smallest absolute Gasteiger partial charge is 0.380 e. The van der Waals surface area contributed by atoms with Gasteiger partial charge >= 0.3 is 13.6 Å². The van der Waals surface area contributed by atoms with E-state index in [-0.39, 0.29) is 23.3 Å². The molecule has 3 N–H and O–H groups in total. The maximum atomic E-state index is 13.8. The molecule has 0 spiro atoms. The van der Waals surface area contributed by atoms with Crippen LogP contribution in [0.5, 0.6) is 5.75 Å². The van der Waals surface area contributed by atoms with Crippen molar-refractivity contribution in [2.75, 3.05) is 19.4 Å². The Morgan fingerprint density at radius 2 is 2.03 bits per heavy atom. The molecule has 38 heavy (non-hydrogen) atoms. The molecule has 6 atom stereocenters. The zero-order chi connectivity index (χ0) is 28.1. The van der Waals surface area contributed by atoms with E-state index in [0.29, 0.717) is 11.4 Å². The Kier molecular flexibility index (Phi) is 10.3. The minimum atomic E-state index is -4.03. The van der Waals surface area contributed by atoms with Gasteiger partial charge in [0.2, 0.25) is 0 Å². The van der Waals surface area contributed by atoms with Gasteiger partial charge < -0.3 is 24.2 Å². The van der Waals surface area contributed by atoms with Crippen molar-refractivity contribution < 1.29 is 38.1 Å². The molecule has 2 aromatic rings. The first-order chi connectivity index (χ1) is 17.9. The van der Waals surface area contributed by atoms with Crippen LogP contribution in [0, 0.1) is 10.7 Å². The Bertz CT molecular complexity index is 1270. The summed E-state index contributed by atoms with van der Waals surface area (Å²) in [7, 11) is -4.03. The Hall–Kier alpha value is -2.05. The Morgan fingerprint density at radius 1 is 1.34 bits per heavy atom. The van der Waals surface area contributed by atoms with Gasteiger partial charge in [-0.1, -0.05) is 31.9 Å². The van der Waals surface area contributed by atoms with E-state index >= 15 is 0 Å². The van der Waals surface area contributed by atoms with Gasteiger partial charge in [-0.15, -0.1) is 0 Å². The summed E-state index contributed by atoms with van der Waals surface area (Å²) in [5.41, 5.74) is -2.28. The van der Waals surface area contributed by atoms with Crippen molar-refractivity contribution in [3.63, 3.8) is 0 Å². The summed E-state index contributed by atoms with van der Waals surface area (Å²) < 4.78 is 37.6. The number of aromatic amines is 1. The standard InChI is InChI=1S/C24H32ClN2O9PS/c1-4-5-12-33-21(30)15(2)14-37(32,36-17-8-6-16(25)7-9-17)34-13-18-20(29)24(3,31)22(35-18)27-11-10-19(28)26-23(27)38/h6-11,15,18,20,22,29,31H,4-5,12-14H2,1-3H3,(H,26,28,38)/t15-,18-,20+,22-,24?,37?/m1/s1. The van der Waals surface area contributed by atoms with Crippen LogP contribution in [0.15, 0.2) is 41.3 Å². The number of aromatic nitrogens is 2. The van der Waals surface area contributed by atoms with Gasteiger partial charge in [-0.2, -0.15) is 0 Å². The van der Waals surface area contributed by atoms with E-state index in [1.807, 2.05) is 6.92 Å². The lowest BCUT2D eigenvalue weighted by Crippen LogP contribution is -2.44. The zero-order valence-electron chi connectivity index (χ0n) is 21.2. The molecule has 14 heteroatoms. The summed E-state index contributed by atoms with van der Waals surface area (Å²) in [5.74, 6) is -1.18. The molecule has 1 aliphatic heterocycles. The van der Waals surface area contributed by atoms with Gasteiger partial charge in [-0.05, 0) is 49.8 Å². The van der Waals surface area contributed by atoms with Crippen LogP contribution in [0.25, 0.3) is 0 Å². The number of H-pyrrole nitrogens is 1. The van der Waals surface area contributed by atoms with Gasteiger partial charge in [0, 0.05) is 17.3 Å². The van der Waals surface area contributed by atoms with E-state index in [9.17, 15) is 24.4 Å². The Labute approximate surface area is 230 Å². The van der Waals surface area contributed by atoms with Crippen molar-refractivity contribution in [3.05, 3.63) is 56.7 Å². The van der Waals surface area contributed by atoms with Crippen LogP contribution in [0.1, 0.15) is 39.8 Å². The molecule has 210 valence electrons. The van der Waals surface area contributed by atoms with Crippen LogP contribution < -0.4 is 10.1 Å². The van der Waals surface area contributed by atoms with Crippen LogP contribution in [0.2, 0.25) is 5.02 Å². The predicted molar refractivity (Wildman–Crippen MR) is 142 cm³/mol. The van der Waals surface area contributed by atoms with E-state index in [2.05, 4.69) is 4.98 Å². The second kappa shape index (κ2) is 12.9. The van der Waals surface area contributed by atoms with Gasteiger partial charge in [-0.3, -0.25) is 23.7 Å². The van der Waals surface area contributed by atoms with Crippen molar-refractivity contribution in [1.29, 1.82) is 0 Å². The number of halogens is 1. The lowest BCUT2D eigenvalue weighted by Gasteiger charge is -2.28. The number of aliphatic hydroxyl groups is 2. The molecular formula is C24H32ClN2O9PS. The number of nitrogens with one attached hydrogen (secondary N) is 1. The summed E-state index contributed by atoms with van der Waals surface area (Å²) in [5, 5.41) is 22.2. The minimum Gasteiger partial charge on any atom is -0.465 e. The fraction of sp³-hybridized carbons (Fsp3) is 0.542. The van der Waals surface area contributed by atoms with Crippen LogP contribution in [-0.2, 0) is 23.4 Å². The normalized spacial score (nSPS) is 25.5. The SMILES string of the molecule is CCCCOC(=O)[C@H](C)CP(=O)(OC[C@H]1O[C@@H](n2ccc(=O)[nH]c2=S)C(C)(O)[C@H]1O)Oc1ccc(Cl)cc1. The first-order valence-electron chi connectivity index (χ1n) is 12.1. The number of ether oxygens (including phenoxy) is 2. The maximum absolute atomic E-state index is 13.8. The number of hydrogen-bond donors (Lipinski definition) is 3. The third-order valence-electron chi connectivity index (χ3n) is 5.99. The van der Waals surface area contributed by atoms with Crippen molar-refractivity contribution in [1.82, 2.24) is 9.55 Å². The van der Waals surface area contributed by atoms with Crippen LogP contribution >= 0.6 is 31.4 Å². The average molecular weight is 591 g/mol. The first kappa shape index (κ1) is 30.5. The molecule has 0 aliphatic carbocycles. The number of unbranched alkanes of at least 4 members (excludes halogenated alkanes) is 1. The molecule has 11 nitrogen and oxygen atoms in total. The number of nitrogens with zero attached hydrogens (tertiary/aromatic N) is 1. The third kappa shape index (κ3) is 7.53. The van der Waals surface area contributed by atoms with Crippen molar-refractivity contribution in [3.8, 4) is 5.75 Å². The van der Waals surface area contributed by atoms with E-state index in [1.165, 1.54) is 35.9 Å². The number of aliphatic hydroxyl groups excluding tert-OH is 1. The monoisotopic (exact) mass is 590 g/mol. The summed E-state index contributed by atoms with van der Waals surface area (Å²) in [6, 6.07) is 7.29. The Balaban J connectivity index is 1.78. The summed E-state index contributed by atoms with van der Waals surface area (Å²) in [6.07, 6.45) is -1.25. The molecule has 2 heterocycles. The molecule has 2 unspecified atom stereocenters. The molecule has 1 aromatic heterocycles. The first-order valence-corrected chi connectivity index (χ1v) is 14.6. The molecule has 1 saturated heterocycles. The number of carbonyl (C=O) groups excluding carboxylic acids is 1. The van der Waals surface area contributed by atoms with E-state index < -0.39 is 55.7 Å². The maximum Gasteiger partial charge on any atom is 0.380 e. The zero-order valence-corrected chi connectivity index (χ0v) is 23.7. The number of hydrogen-bond acceptors (Lipinski definition) is 10. The highest BCUT2D eigenvalue weighted by Crippen LogP contribution is 2.51. The van der Waals surface area contributed by atoms with E-state index in [4.69, 9.17) is 42.3 Å². The van der Waals surface area contributed by atoms with Crippen molar-refractivity contribution in [2.24, 2.45) is 5.92 Å². The summed E-state index contributed by atoms with van der Waals surface area (Å²) in [4.78, 5) is 26.4. The topological polar surface area (TPSA) is 149 Å². The Morgan fingerprint density at radius 3 is 2.66 bits per heavy atom. The van der Waals surface area contributed by atoms with E-state index in [1.54, 1.807) is 19.1 Å². The number of rotatable bonds is 12. The van der Waals surface area contributed by atoms with Crippen LogP contribution in [-0.4, -0.2) is 62.9 Å². The molecule has 0 saturated carbocycles. The fourth-order valence-corrected chi connectivity index (χ4v) is 6.07. The molecule has 0 bridgehead atoms. The van der Waals surface area contributed by atoms with Gasteiger partial charge in [0.1, 0.15) is 23.6 Å².